The second-order valence-electron chi connectivity index (χ2n) is 6.11. The predicted molar refractivity (Wildman–Crippen MR) is 187 cm³/mol. The van der Waals surface area contributed by atoms with Crippen molar-refractivity contribution in [1.29, 1.82) is 0 Å². The molecule has 4 aliphatic heterocycles. The van der Waals surface area contributed by atoms with Gasteiger partial charge in [-0.2, -0.15) is 55.4 Å². The number of hydroxylamine groups is 2. The third-order valence-corrected chi connectivity index (χ3v) is 4.28. The van der Waals surface area contributed by atoms with Crippen molar-refractivity contribution in [3.05, 3.63) is 155 Å². The number of allylic oxidation sites excluding steroid dienone is 9. The fourth-order valence-corrected chi connectivity index (χ4v) is 3.07. The van der Waals surface area contributed by atoms with Crippen LogP contribution in [0.1, 0.15) is 55.4 Å². The van der Waals surface area contributed by atoms with Crippen LogP contribution in [0.15, 0.2) is 93.5 Å². The van der Waals surface area contributed by atoms with E-state index in [1.165, 1.54) is 0 Å². The summed E-state index contributed by atoms with van der Waals surface area (Å²) in [5.74, 6) is 0. The van der Waals surface area contributed by atoms with E-state index >= 15 is 0 Å². The summed E-state index contributed by atoms with van der Waals surface area (Å²) in [4.78, 5) is 12.4. The summed E-state index contributed by atoms with van der Waals surface area (Å²) in [5.41, 5.74) is 4.66. The number of nitrogens with one attached hydrogen (secondary N) is 2. The Kier molecular flexibility index (Phi) is 40.3. The molecule has 1 unspecified atom stereocenters. The first-order valence-corrected chi connectivity index (χ1v) is 13.7. The number of fused-ring (bicyclic) bond motifs is 6. The molecule has 0 fully saturated rings. The minimum atomic E-state index is 0. The zero-order valence-electron chi connectivity index (χ0n) is 27.3. The van der Waals surface area contributed by atoms with Gasteiger partial charge in [-0.3, -0.25) is 0 Å². The Balaban J connectivity index is -0.000000235. The quantitative estimate of drug-likeness (QED) is 0.236. The Hall–Kier alpha value is -2.70. The molecular weight excluding hydrogens is 555 g/mol. The maximum absolute atomic E-state index is 12.6. The molecule has 1 aromatic rings. The van der Waals surface area contributed by atoms with Crippen LogP contribution in [0.2, 0.25) is 0 Å². The summed E-state index contributed by atoms with van der Waals surface area (Å²) in [6.07, 6.45) is 19.1. The molecule has 0 aromatic carbocycles. The van der Waals surface area contributed by atoms with Crippen LogP contribution < -0.4 is 15.8 Å². The summed E-state index contributed by atoms with van der Waals surface area (Å²) in [5, 5.41) is 14.4. The zero-order chi connectivity index (χ0) is 32.8. The first-order chi connectivity index (χ1) is 20.2. The molecule has 0 aliphatic carbocycles. The molecule has 0 spiro atoms. The van der Waals surface area contributed by atoms with Gasteiger partial charge in [-0.25, -0.2) is 9.98 Å². The smallest absolute Gasteiger partial charge is 0.138 e. The maximum atomic E-state index is 12.6. The minimum absolute atomic E-state index is 0. The van der Waals surface area contributed by atoms with Crippen molar-refractivity contribution in [2.75, 3.05) is 0 Å². The molecule has 0 amide bonds. The number of aliphatic imine (C=N–C) groups is 2. The van der Waals surface area contributed by atoms with Gasteiger partial charge >= 0.3 is 0 Å². The molecule has 5 nitrogen and oxygen atoms in total. The van der Waals surface area contributed by atoms with Gasteiger partial charge in [-0.15, -0.1) is 0 Å². The minimum Gasteiger partial charge on any atom is -0.623 e. The Morgan fingerprint density at radius 2 is 0.881 bits per heavy atom. The molecule has 42 heavy (non-hydrogen) atoms. The fourth-order valence-electron chi connectivity index (χ4n) is 3.07. The molecular formula is C36H54N4OV-8. The van der Waals surface area contributed by atoms with E-state index in [4.69, 9.17) is 0 Å². The standard InChI is InChI=1S/C20H14N4O.8C2H5.V/c25-24-19-7-8-20(24)12-18-6-4-16(23-18)10-14-2-1-13(21-14)9-15-3-5-17(11-19)22-15;8*1-2;/h1-12,22,24H;8*1H2,2H3;/q;8*-1;. The van der Waals surface area contributed by atoms with Crippen molar-refractivity contribution in [3.8, 4) is 0 Å². The van der Waals surface area contributed by atoms with E-state index in [0.717, 1.165) is 33.5 Å². The monoisotopic (exact) mass is 609 g/mol. The summed E-state index contributed by atoms with van der Waals surface area (Å²) in [6.45, 7) is 40.0. The summed E-state index contributed by atoms with van der Waals surface area (Å²) >= 11 is 0. The van der Waals surface area contributed by atoms with Crippen molar-refractivity contribution >= 4 is 23.6 Å². The number of aromatic nitrogens is 1. The fraction of sp³-hybridized carbons (Fsp3) is 0.222. The molecule has 237 valence electrons. The third kappa shape index (κ3) is 17.3. The molecule has 0 saturated carbocycles. The number of aromatic amines is 1. The van der Waals surface area contributed by atoms with Crippen molar-refractivity contribution in [3.63, 3.8) is 0 Å². The summed E-state index contributed by atoms with van der Waals surface area (Å²) in [7, 11) is 0. The van der Waals surface area contributed by atoms with Crippen LogP contribution >= 0.6 is 0 Å². The normalized spacial score (nSPS) is 14.9. The van der Waals surface area contributed by atoms with Crippen molar-refractivity contribution in [1.82, 2.24) is 4.98 Å². The first-order valence-electron chi connectivity index (χ1n) is 13.7. The average Bonchev–Trinajstić information content (AvgIpc) is 3.89. The van der Waals surface area contributed by atoms with Crippen LogP contribution in [0.5, 0.6) is 0 Å². The molecule has 8 bridgehead atoms. The van der Waals surface area contributed by atoms with Crippen molar-refractivity contribution in [2.45, 2.75) is 55.4 Å². The van der Waals surface area contributed by atoms with E-state index in [9.17, 15) is 5.21 Å². The molecule has 5 heterocycles. The molecule has 1 atom stereocenters. The first kappa shape index (κ1) is 49.0. The summed E-state index contributed by atoms with van der Waals surface area (Å²) in [6, 6.07) is 3.94. The Morgan fingerprint density at radius 3 is 1.33 bits per heavy atom. The number of rotatable bonds is 0. The number of hydrogen-bond donors (Lipinski definition) is 2. The number of H-pyrrole nitrogens is 1. The van der Waals surface area contributed by atoms with Crippen LogP contribution in [0, 0.1) is 60.6 Å². The molecule has 0 saturated heterocycles. The van der Waals surface area contributed by atoms with Crippen molar-refractivity contribution in [2.24, 2.45) is 9.98 Å². The van der Waals surface area contributed by atoms with Crippen LogP contribution in [0.4, 0.5) is 0 Å². The predicted octanol–water partition coefficient (Wildman–Crippen LogP) is 7.26. The number of quaternary nitrogens is 1. The van der Waals surface area contributed by atoms with Gasteiger partial charge in [0.1, 0.15) is 11.4 Å². The maximum Gasteiger partial charge on any atom is 0.138 e. The van der Waals surface area contributed by atoms with Crippen LogP contribution in [-0.2, 0) is 18.6 Å². The molecule has 1 aromatic heterocycles. The number of hydrogen-bond acceptors (Lipinski definition) is 3. The van der Waals surface area contributed by atoms with Gasteiger partial charge in [-0.1, -0.05) is 0 Å². The van der Waals surface area contributed by atoms with E-state index < -0.39 is 0 Å². The Bertz CT molecular complexity index is 1160. The van der Waals surface area contributed by atoms with E-state index in [0.29, 0.717) is 11.4 Å². The molecule has 4 aliphatic rings. The second-order valence-corrected chi connectivity index (χ2v) is 6.11. The van der Waals surface area contributed by atoms with Gasteiger partial charge in [0.25, 0.3) is 0 Å². The molecule has 5 rings (SSSR count). The van der Waals surface area contributed by atoms with E-state index in [1.807, 2.05) is 72.9 Å². The molecule has 1 radical (unpaired) electrons. The molecule has 2 N–H and O–H groups in total. The summed E-state index contributed by atoms with van der Waals surface area (Å²) < 4.78 is 0. The number of nitrogens with zero attached hydrogens (tertiary/aromatic N) is 2. The van der Waals surface area contributed by atoms with E-state index in [-0.39, 0.29) is 23.6 Å². The van der Waals surface area contributed by atoms with Crippen LogP contribution in [-0.4, -0.2) is 16.4 Å². The largest absolute Gasteiger partial charge is 0.623 e. The average molecular weight is 610 g/mol. The van der Waals surface area contributed by atoms with Crippen LogP contribution in [0.3, 0.4) is 0 Å². The van der Waals surface area contributed by atoms with Gasteiger partial charge in [0.15, 0.2) is 0 Å². The SMILES string of the molecule is [CH2-]C.[CH2-]C.[CH2-]C.[CH2-]C.[CH2-]C.[CH2-]C.[CH2-]C.[CH2-]C.[O-][NH+]1C2=CC=C1C=c1ccc([nH]1)=CC1=NC(=CC3=NC(=C2)C=C3)C=C1.[V]. The Morgan fingerprint density at radius 1 is 0.524 bits per heavy atom. The van der Waals surface area contributed by atoms with Gasteiger partial charge in [0.05, 0.1) is 22.8 Å². The topological polar surface area (TPSA) is 68.0 Å². The van der Waals surface area contributed by atoms with Crippen molar-refractivity contribution < 1.29 is 23.6 Å². The zero-order valence-corrected chi connectivity index (χ0v) is 28.7. The van der Waals surface area contributed by atoms with Gasteiger partial charge < -0.3 is 70.6 Å². The van der Waals surface area contributed by atoms with E-state index in [1.54, 1.807) is 55.4 Å². The van der Waals surface area contributed by atoms with Gasteiger partial charge in [-0.05, 0) is 48.6 Å². The second kappa shape index (κ2) is 34.5. The van der Waals surface area contributed by atoms with Gasteiger partial charge in [0.2, 0.25) is 0 Å². The van der Waals surface area contributed by atoms with E-state index in [2.05, 4.69) is 70.4 Å². The molecule has 6 heteroatoms. The van der Waals surface area contributed by atoms with Crippen LogP contribution in [0.25, 0.3) is 12.2 Å². The Labute approximate surface area is 271 Å². The van der Waals surface area contributed by atoms with Gasteiger partial charge in [0, 0.05) is 53.6 Å². The third-order valence-electron chi connectivity index (χ3n) is 4.28.